The van der Waals surface area contributed by atoms with E-state index in [2.05, 4.69) is 5.32 Å². The average Bonchev–Trinajstić information content (AvgIpc) is 2.84. The summed E-state index contributed by atoms with van der Waals surface area (Å²) in [5, 5.41) is 2.49. The summed E-state index contributed by atoms with van der Waals surface area (Å²) in [6, 6.07) is 8.23. The summed E-state index contributed by atoms with van der Waals surface area (Å²) >= 11 is 5.67. The third-order valence-corrected chi connectivity index (χ3v) is 7.62. The molecular weight excluding hydrogens is 491 g/mol. The number of anilines is 1. The van der Waals surface area contributed by atoms with E-state index in [1.807, 2.05) is 0 Å². The monoisotopic (exact) mass is 512 g/mol. The minimum absolute atomic E-state index is 0.0805. The molecule has 2 aliphatic heterocycles. The second kappa shape index (κ2) is 10.2. The maximum Gasteiger partial charge on any atom is 0.309 e. The highest BCUT2D eigenvalue weighted by molar-refractivity contribution is 7.89. The molecule has 0 aromatic heterocycles. The highest BCUT2D eigenvalue weighted by Gasteiger charge is 2.33. The van der Waals surface area contributed by atoms with Gasteiger partial charge in [-0.2, -0.15) is 4.31 Å². The molecule has 0 aliphatic carbocycles. The number of hydrogen-bond acceptors (Lipinski definition) is 7. The van der Waals surface area contributed by atoms with Gasteiger partial charge in [0.25, 0.3) is 5.91 Å². The number of fused-ring (bicyclic) bond motifs is 1. The lowest BCUT2D eigenvalue weighted by Gasteiger charge is -2.30. The number of rotatable bonds is 6. The highest BCUT2D eigenvalue weighted by Crippen LogP contribution is 2.34. The lowest BCUT2D eigenvalue weighted by molar-refractivity contribution is -0.152. The minimum Gasteiger partial charge on any atom is -0.486 e. The van der Waals surface area contributed by atoms with Crippen molar-refractivity contribution < 1.29 is 36.6 Å². The van der Waals surface area contributed by atoms with Crippen molar-refractivity contribution >= 4 is 39.2 Å². The summed E-state index contributed by atoms with van der Waals surface area (Å²) in [5.41, 5.74) is -0.0805. The summed E-state index contributed by atoms with van der Waals surface area (Å²) in [6.07, 6.45) is 0.492. The molecular formula is C22H22ClFN2O7S. The van der Waals surface area contributed by atoms with E-state index in [9.17, 15) is 22.4 Å². The lowest BCUT2D eigenvalue weighted by Crippen LogP contribution is -2.41. The quantitative estimate of drug-likeness (QED) is 0.592. The predicted molar refractivity (Wildman–Crippen MR) is 120 cm³/mol. The zero-order chi connectivity index (χ0) is 24.3. The van der Waals surface area contributed by atoms with E-state index in [1.54, 1.807) is 6.07 Å². The Labute approximate surface area is 200 Å². The Kier molecular flexibility index (Phi) is 7.24. The average molecular weight is 513 g/mol. The van der Waals surface area contributed by atoms with Gasteiger partial charge in [0.1, 0.15) is 19.0 Å². The van der Waals surface area contributed by atoms with Crippen LogP contribution in [0.3, 0.4) is 0 Å². The van der Waals surface area contributed by atoms with E-state index in [-0.39, 0.29) is 41.5 Å². The van der Waals surface area contributed by atoms with Crippen LogP contribution in [0.1, 0.15) is 12.8 Å². The molecule has 1 fully saturated rings. The fourth-order valence-corrected chi connectivity index (χ4v) is 5.34. The Hall–Kier alpha value is -2.89. The topological polar surface area (TPSA) is 111 Å². The molecule has 2 aromatic rings. The van der Waals surface area contributed by atoms with Gasteiger partial charge < -0.3 is 19.5 Å². The molecule has 2 aromatic carbocycles. The molecule has 0 atom stereocenters. The van der Waals surface area contributed by atoms with Crippen molar-refractivity contribution in [2.45, 2.75) is 17.7 Å². The Morgan fingerprint density at radius 1 is 1.09 bits per heavy atom. The number of benzene rings is 2. The molecule has 0 unspecified atom stereocenters. The molecule has 0 radical (unpaired) electrons. The second-order valence-electron chi connectivity index (χ2n) is 7.76. The van der Waals surface area contributed by atoms with Gasteiger partial charge in [-0.3, -0.25) is 9.59 Å². The molecule has 2 heterocycles. The lowest BCUT2D eigenvalue weighted by atomic mass is 9.98. The van der Waals surface area contributed by atoms with E-state index in [1.165, 1.54) is 28.6 Å². The number of carbonyl (C=O) groups is 2. The van der Waals surface area contributed by atoms with Gasteiger partial charge in [0.15, 0.2) is 18.1 Å². The fourth-order valence-electron chi connectivity index (χ4n) is 3.70. The number of carbonyl (C=O) groups excluding carboxylic acids is 2. The summed E-state index contributed by atoms with van der Waals surface area (Å²) in [4.78, 5) is 24.4. The smallest absolute Gasteiger partial charge is 0.309 e. The zero-order valence-electron chi connectivity index (χ0n) is 18.0. The molecule has 2 aliphatic rings. The normalized spacial score (nSPS) is 16.6. The first-order valence-corrected chi connectivity index (χ1v) is 12.4. The Balaban J connectivity index is 1.28. The van der Waals surface area contributed by atoms with Crippen LogP contribution in [-0.2, 0) is 24.3 Å². The maximum atomic E-state index is 13.8. The number of ether oxygens (including phenoxy) is 3. The molecule has 1 N–H and O–H groups in total. The summed E-state index contributed by atoms with van der Waals surface area (Å²) in [5.74, 6) is -1.70. The number of nitrogens with zero attached hydrogens (tertiary/aromatic N) is 1. The molecule has 182 valence electrons. The maximum absolute atomic E-state index is 13.8. The van der Waals surface area contributed by atoms with Gasteiger partial charge in [-0.05, 0) is 43.2 Å². The van der Waals surface area contributed by atoms with Crippen molar-refractivity contribution in [2.24, 2.45) is 5.92 Å². The van der Waals surface area contributed by atoms with E-state index in [4.69, 9.17) is 25.8 Å². The largest absolute Gasteiger partial charge is 0.486 e. The van der Waals surface area contributed by atoms with E-state index in [0.717, 1.165) is 6.07 Å². The summed E-state index contributed by atoms with van der Waals surface area (Å²) in [6.45, 7) is 0.410. The van der Waals surface area contributed by atoms with Gasteiger partial charge in [-0.15, -0.1) is 0 Å². The Bertz CT molecular complexity index is 1200. The van der Waals surface area contributed by atoms with Crippen molar-refractivity contribution in [3.05, 3.63) is 47.2 Å². The Morgan fingerprint density at radius 2 is 1.79 bits per heavy atom. The molecule has 0 bridgehead atoms. The fraction of sp³-hybridized carbons (Fsp3) is 0.364. The number of amides is 1. The van der Waals surface area contributed by atoms with Crippen LogP contribution < -0.4 is 14.8 Å². The predicted octanol–water partition coefficient (Wildman–Crippen LogP) is 2.83. The van der Waals surface area contributed by atoms with Crippen LogP contribution in [0.4, 0.5) is 10.1 Å². The molecule has 9 nitrogen and oxygen atoms in total. The van der Waals surface area contributed by atoms with Crippen LogP contribution in [0, 0.1) is 11.7 Å². The second-order valence-corrected chi connectivity index (χ2v) is 10.1. The standard InChI is InChI=1S/C22H22ClFN2O7S/c23-15-1-3-18(17(24)11-15)25-21(27)13-33-22(28)14-5-7-26(8-6-14)34(29,30)16-2-4-19-20(12-16)32-10-9-31-19/h1-4,11-12,14H,5-10,13H2,(H,25,27). The van der Waals surface area contributed by atoms with Gasteiger partial charge >= 0.3 is 5.97 Å². The van der Waals surface area contributed by atoms with E-state index >= 15 is 0 Å². The van der Waals surface area contributed by atoms with Gasteiger partial charge in [-0.25, -0.2) is 12.8 Å². The van der Waals surface area contributed by atoms with Crippen LogP contribution in [0.5, 0.6) is 11.5 Å². The van der Waals surface area contributed by atoms with Crippen molar-refractivity contribution in [1.82, 2.24) is 4.31 Å². The Morgan fingerprint density at radius 3 is 2.50 bits per heavy atom. The van der Waals surface area contributed by atoms with Crippen molar-refractivity contribution in [3.63, 3.8) is 0 Å². The number of hydrogen-bond donors (Lipinski definition) is 1. The number of sulfonamides is 1. The third kappa shape index (κ3) is 5.43. The molecule has 4 rings (SSSR count). The van der Waals surface area contributed by atoms with Crippen LogP contribution in [0.25, 0.3) is 0 Å². The minimum atomic E-state index is -3.78. The molecule has 1 saturated heterocycles. The van der Waals surface area contributed by atoms with E-state index < -0.39 is 40.2 Å². The summed E-state index contributed by atoms with van der Waals surface area (Å²) < 4.78 is 57.0. The number of halogens is 2. The van der Waals surface area contributed by atoms with Gasteiger partial charge in [0.05, 0.1) is 16.5 Å². The SMILES string of the molecule is O=C(COC(=O)C1CCN(S(=O)(=O)c2ccc3c(c2)OCCO3)CC1)Nc1ccc(Cl)cc1F. The van der Waals surface area contributed by atoms with Crippen LogP contribution >= 0.6 is 11.6 Å². The van der Waals surface area contributed by atoms with E-state index in [0.29, 0.717) is 24.7 Å². The number of esters is 1. The molecule has 0 saturated carbocycles. The number of piperidine rings is 1. The van der Waals surface area contributed by atoms with Crippen LogP contribution in [0.15, 0.2) is 41.3 Å². The van der Waals surface area contributed by atoms with Crippen molar-refractivity contribution in [1.29, 1.82) is 0 Å². The molecule has 0 spiro atoms. The first-order valence-electron chi connectivity index (χ1n) is 10.6. The summed E-state index contributed by atoms with van der Waals surface area (Å²) in [7, 11) is -3.78. The van der Waals surface area contributed by atoms with Gasteiger partial charge in [-0.1, -0.05) is 11.6 Å². The van der Waals surface area contributed by atoms with Crippen molar-refractivity contribution in [3.8, 4) is 11.5 Å². The van der Waals surface area contributed by atoms with Gasteiger partial charge in [0, 0.05) is 24.2 Å². The molecule has 12 heteroatoms. The van der Waals surface area contributed by atoms with Gasteiger partial charge in [0.2, 0.25) is 10.0 Å². The molecule has 34 heavy (non-hydrogen) atoms. The van der Waals surface area contributed by atoms with Crippen LogP contribution in [-0.4, -0.2) is 57.5 Å². The first-order chi connectivity index (χ1) is 16.2. The van der Waals surface area contributed by atoms with Crippen molar-refractivity contribution in [2.75, 3.05) is 38.2 Å². The highest BCUT2D eigenvalue weighted by atomic mass is 35.5. The third-order valence-electron chi connectivity index (χ3n) is 5.49. The van der Waals surface area contributed by atoms with Crippen LogP contribution in [0.2, 0.25) is 5.02 Å². The zero-order valence-corrected chi connectivity index (χ0v) is 19.5. The molecule has 1 amide bonds. The first kappa shape index (κ1) is 24.2. The number of nitrogens with one attached hydrogen (secondary N) is 1.